The Bertz CT molecular complexity index is 759. The van der Waals surface area contributed by atoms with Gasteiger partial charge < -0.3 is 29.6 Å². The maximum absolute atomic E-state index is 13.0. The van der Waals surface area contributed by atoms with E-state index in [-0.39, 0.29) is 31.0 Å². The Balaban J connectivity index is 1.85. The SMILES string of the molecule is COc1cc(OC)c2[nH]c(C(=O)N3C[C@@H](CCO)[C@@H](CCO)C3)cc2c1. The van der Waals surface area contributed by atoms with E-state index in [1.54, 1.807) is 25.2 Å². The van der Waals surface area contributed by atoms with E-state index in [2.05, 4.69) is 4.98 Å². The van der Waals surface area contributed by atoms with Crippen LogP contribution in [0.25, 0.3) is 10.9 Å². The number of carbonyl (C=O) groups is 1. The number of aromatic nitrogens is 1. The molecule has 1 fully saturated rings. The van der Waals surface area contributed by atoms with E-state index in [4.69, 9.17) is 9.47 Å². The Kier molecular flexibility index (Phi) is 5.68. The zero-order chi connectivity index (χ0) is 18.7. The number of nitrogens with one attached hydrogen (secondary N) is 1. The molecule has 142 valence electrons. The summed E-state index contributed by atoms with van der Waals surface area (Å²) in [4.78, 5) is 17.9. The van der Waals surface area contributed by atoms with Crippen molar-refractivity contribution < 1.29 is 24.5 Å². The van der Waals surface area contributed by atoms with Gasteiger partial charge in [-0.25, -0.2) is 0 Å². The van der Waals surface area contributed by atoms with Crippen molar-refractivity contribution in [1.82, 2.24) is 9.88 Å². The van der Waals surface area contributed by atoms with Gasteiger partial charge in [-0.15, -0.1) is 0 Å². The van der Waals surface area contributed by atoms with Gasteiger partial charge in [0.25, 0.3) is 5.91 Å². The molecule has 1 aromatic carbocycles. The summed E-state index contributed by atoms with van der Waals surface area (Å²) in [7, 11) is 3.17. The first-order valence-corrected chi connectivity index (χ1v) is 8.87. The summed E-state index contributed by atoms with van der Waals surface area (Å²) in [6, 6.07) is 5.44. The molecule has 1 aliphatic heterocycles. The predicted octanol–water partition coefficient (Wildman–Crippen LogP) is 1.64. The van der Waals surface area contributed by atoms with Crippen molar-refractivity contribution in [2.45, 2.75) is 12.8 Å². The molecule has 1 aliphatic rings. The van der Waals surface area contributed by atoms with Gasteiger partial charge in [-0.05, 0) is 36.8 Å². The molecule has 1 saturated heterocycles. The van der Waals surface area contributed by atoms with E-state index < -0.39 is 0 Å². The zero-order valence-electron chi connectivity index (χ0n) is 15.2. The summed E-state index contributed by atoms with van der Waals surface area (Å²) in [6.45, 7) is 1.38. The molecule has 2 heterocycles. The number of carbonyl (C=O) groups excluding carboxylic acids is 1. The number of methoxy groups -OCH3 is 2. The first-order valence-electron chi connectivity index (χ1n) is 8.87. The molecule has 0 spiro atoms. The number of hydrogen-bond donors (Lipinski definition) is 3. The number of H-pyrrole nitrogens is 1. The van der Waals surface area contributed by atoms with Crippen LogP contribution in [-0.4, -0.2) is 66.5 Å². The number of fused-ring (bicyclic) bond motifs is 1. The van der Waals surface area contributed by atoms with E-state index in [0.29, 0.717) is 43.1 Å². The number of nitrogens with zero attached hydrogens (tertiary/aromatic N) is 1. The molecule has 3 rings (SSSR count). The summed E-state index contributed by atoms with van der Waals surface area (Å²) in [5.74, 6) is 1.64. The number of aliphatic hydroxyl groups excluding tert-OH is 2. The van der Waals surface area contributed by atoms with Gasteiger partial charge in [0.1, 0.15) is 17.2 Å². The largest absolute Gasteiger partial charge is 0.497 e. The molecule has 0 radical (unpaired) electrons. The number of amides is 1. The van der Waals surface area contributed by atoms with Crippen molar-refractivity contribution in [3.8, 4) is 11.5 Å². The average Bonchev–Trinajstić information content (AvgIpc) is 3.25. The molecule has 3 N–H and O–H groups in total. The monoisotopic (exact) mass is 362 g/mol. The lowest BCUT2D eigenvalue weighted by Crippen LogP contribution is -2.29. The van der Waals surface area contributed by atoms with Gasteiger partial charge >= 0.3 is 0 Å². The summed E-state index contributed by atoms with van der Waals surface area (Å²) in [5, 5.41) is 19.4. The molecule has 7 heteroatoms. The molecule has 0 bridgehead atoms. The normalized spacial score (nSPS) is 19.9. The van der Waals surface area contributed by atoms with Crippen molar-refractivity contribution in [2.75, 3.05) is 40.5 Å². The van der Waals surface area contributed by atoms with Crippen LogP contribution in [0, 0.1) is 11.8 Å². The van der Waals surface area contributed by atoms with Crippen LogP contribution in [0.2, 0.25) is 0 Å². The quantitative estimate of drug-likeness (QED) is 0.696. The van der Waals surface area contributed by atoms with Crippen molar-refractivity contribution >= 4 is 16.8 Å². The predicted molar refractivity (Wildman–Crippen MR) is 97.7 cm³/mol. The van der Waals surface area contributed by atoms with Gasteiger partial charge in [0.2, 0.25) is 0 Å². The number of ether oxygens (including phenoxy) is 2. The minimum absolute atomic E-state index is 0.0781. The third kappa shape index (κ3) is 3.50. The number of aliphatic hydroxyl groups is 2. The fourth-order valence-corrected chi connectivity index (χ4v) is 3.84. The fourth-order valence-electron chi connectivity index (χ4n) is 3.84. The fraction of sp³-hybridized carbons (Fsp3) is 0.526. The highest BCUT2D eigenvalue weighted by molar-refractivity contribution is 6.00. The highest BCUT2D eigenvalue weighted by atomic mass is 16.5. The zero-order valence-corrected chi connectivity index (χ0v) is 15.2. The number of hydrogen-bond acceptors (Lipinski definition) is 5. The van der Waals surface area contributed by atoms with Crippen LogP contribution in [-0.2, 0) is 0 Å². The number of aromatic amines is 1. The second kappa shape index (κ2) is 7.97. The van der Waals surface area contributed by atoms with Gasteiger partial charge in [-0.1, -0.05) is 0 Å². The number of benzene rings is 1. The van der Waals surface area contributed by atoms with E-state index in [0.717, 1.165) is 10.9 Å². The summed E-state index contributed by atoms with van der Waals surface area (Å²) < 4.78 is 10.7. The van der Waals surface area contributed by atoms with Crippen LogP contribution in [0.1, 0.15) is 23.3 Å². The summed E-state index contributed by atoms with van der Waals surface area (Å²) in [6.07, 6.45) is 1.29. The molecular weight excluding hydrogens is 336 g/mol. The van der Waals surface area contributed by atoms with Crippen LogP contribution in [0.5, 0.6) is 11.5 Å². The van der Waals surface area contributed by atoms with Crippen LogP contribution in [0.3, 0.4) is 0 Å². The molecule has 0 aliphatic carbocycles. The third-order valence-corrected chi connectivity index (χ3v) is 5.22. The first kappa shape index (κ1) is 18.5. The minimum Gasteiger partial charge on any atom is -0.497 e. The smallest absolute Gasteiger partial charge is 0.270 e. The molecular formula is C19H26N2O5. The Hall–Kier alpha value is -2.25. The Morgan fingerprint density at radius 1 is 1.12 bits per heavy atom. The van der Waals surface area contributed by atoms with E-state index in [9.17, 15) is 15.0 Å². The molecule has 1 aromatic heterocycles. The molecule has 1 amide bonds. The average molecular weight is 362 g/mol. The highest BCUT2D eigenvalue weighted by Crippen LogP contribution is 2.33. The molecule has 7 nitrogen and oxygen atoms in total. The van der Waals surface area contributed by atoms with Crippen LogP contribution in [0.15, 0.2) is 18.2 Å². The number of likely N-dealkylation sites (tertiary alicyclic amines) is 1. The lowest BCUT2D eigenvalue weighted by atomic mass is 9.91. The van der Waals surface area contributed by atoms with E-state index in [1.807, 2.05) is 12.1 Å². The highest BCUT2D eigenvalue weighted by Gasteiger charge is 2.35. The van der Waals surface area contributed by atoms with Crippen molar-refractivity contribution in [3.05, 3.63) is 23.9 Å². The van der Waals surface area contributed by atoms with Gasteiger partial charge in [0, 0.05) is 37.8 Å². The van der Waals surface area contributed by atoms with Crippen molar-refractivity contribution in [1.29, 1.82) is 0 Å². The summed E-state index contributed by atoms with van der Waals surface area (Å²) >= 11 is 0. The molecule has 26 heavy (non-hydrogen) atoms. The van der Waals surface area contributed by atoms with Crippen LogP contribution in [0.4, 0.5) is 0 Å². The Labute approximate surface area is 152 Å². The molecule has 0 saturated carbocycles. The standard InChI is InChI=1S/C19H26N2O5/c1-25-15-7-14-8-16(20-18(14)17(9-15)26-2)19(24)21-10-12(3-5-22)13(11-21)4-6-23/h7-9,12-13,20,22-23H,3-6,10-11H2,1-2H3/t12-,13+. The molecule has 2 atom stereocenters. The van der Waals surface area contributed by atoms with Gasteiger partial charge in [0.05, 0.1) is 19.7 Å². The third-order valence-electron chi connectivity index (χ3n) is 5.22. The van der Waals surface area contributed by atoms with Crippen LogP contribution >= 0.6 is 0 Å². The van der Waals surface area contributed by atoms with E-state index >= 15 is 0 Å². The second-order valence-corrected chi connectivity index (χ2v) is 6.73. The van der Waals surface area contributed by atoms with E-state index in [1.165, 1.54) is 0 Å². The molecule has 2 aromatic rings. The Morgan fingerprint density at radius 3 is 2.31 bits per heavy atom. The van der Waals surface area contributed by atoms with Gasteiger partial charge in [-0.2, -0.15) is 0 Å². The first-order chi connectivity index (χ1) is 12.6. The van der Waals surface area contributed by atoms with Crippen LogP contribution < -0.4 is 9.47 Å². The van der Waals surface area contributed by atoms with Crippen molar-refractivity contribution in [3.63, 3.8) is 0 Å². The maximum atomic E-state index is 13.0. The number of rotatable bonds is 7. The summed E-state index contributed by atoms with van der Waals surface area (Å²) in [5.41, 5.74) is 1.26. The maximum Gasteiger partial charge on any atom is 0.270 e. The lowest BCUT2D eigenvalue weighted by Gasteiger charge is -2.15. The molecule has 0 unspecified atom stereocenters. The van der Waals surface area contributed by atoms with Gasteiger partial charge in [-0.3, -0.25) is 4.79 Å². The minimum atomic E-state index is -0.0781. The second-order valence-electron chi connectivity index (χ2n) is 6.73. The Morgan fingerprint density at radius 2 is 1.77 bits per heavy atom. The van der Waals surface area contributed by atoms with Gasteiger partial charge in [0.15, 0.2) is 0 Å². The lowest BCUT2D eigenvalue weighted by molar-refractivity contribution is 0.0776. The van der Waals surface area contributed by atoms with Crippen molar-refractivity contribution in [2.24, 2.45) is 11.8 Å². The topological polar surface area (TPSA) is 95.0 Å².